The van der Waals surface area contributed by atoms with Gasteiger partial charge in [-0.1, -0.05) is 0 Å². The van der Waals surface area contributed by atoms with Crippen LogP contribution in [0, 0.1) is 0 Å². The molecule has 4 heterocycles. The van der Waals surface area contributed by atoms with E-state index in [0.29, 0.717) is 16.9 Å². The van der Waals surface area contributed by atoms with Crippen molar-refractivity contribution in [3.05, 3.63) is 65.7 Å². The van der Waals surface area contributed by atoms with Gasteiger partial charge >= 0.3 is 6.18 Å². The van der Waals surface area contributed by atoms with Crippen LogP contribution in [0.3, 0.4) is 0 Å². The molecule has 4 aromatic rings. The van der Waals surface area contributed by atoms with E-state index in [9.17, 15) is 28.5 Å². The van der Waals surface area contributed by atoms with Gasteiger partial charge in [-0.15, -0.1) is 0 Å². The Morgan fingerprint density at radius 3 is 2.53 bits per heavy atom. The summed E-state index contributed by atoms with van der Waals surface area (Å²) in [6, 6.07) is 3.88. The van der Waals surface area contributed by atoms with E-state index in [2.05, 4.69) is 15.3 Å². The predicted molar refractivity (Wildman–Crippen MR) is 131 cm³/mol. The number of anilines is 1. The summed E-state index contributed by atoms with van der Waals surface area (Å²) in [7, 11) is 0. The van der Waals surface area contributed by atoms with E-state index in [1.807, 2.05) is 6.20 Å². The van der Waals surface area contributed by atoms with Crippen molar-refractivity contribution in [2.75, 3.05) is 5.32 Å². The van der Waals surface area contributed by atoms with Crippen molar-refractivity contribution >= 4 is 11.3 Å². The molecule has 1 unspecified atom stereocenters. The Kier molecular flexibility index (Phi) is 6.66. The van der Waals surface area contributed by atoms with Crippen LogP contribution in [0.4, 0.5) is 18.9 Å². The van der Waals surface area contributed by atoms with Crippen molar-refractivity contribution < 1.29 is 32.9 Å². The lowest BCUT2D eigenvalue weighted by Crippen LogP contribution is -2.21. The Hall–Kier alpha value is -3.48. The zero-order chi connectivity index (χ0) is 27.2. The largest absolute Gasteiger partial charge is 0.444 e. The van der Waals surface area contributed by atoms with Gasteiger partial charge in [-0.3, -0.25) is 4.98 Å². The molecule has 5 rings (SSSR count). The Balaban J connectivity index is 1.42. The fourth-order valence-corrected chi connectivity index (χ4v) is 4.73. The topological polar surface area (TPSA) is 129 Å². The molecule has 9 nitrogen and oxygen atoms in total. The van der Waals surface area contributed by atoms with E-state index in [-0.39, 0.29) is 29.2 Å². The van der Waals surface area contributed by atoms with Gasteiger partial charge in [-0.25, -0.2) is 9.97 Å². The molecule has 0 amide bonds. The van der Waals surface area contributed by atoms with Crippen LogP contribution in [0.2, 0.25) is 0 Å². The normalized spacial score (nSPS) is 19.6. The molecule has 0 saturated heterocycles. The third-order valence-electron chi connectivity index (χ3n) is 6.78. The number of imidazole rings is 1. The number of nitrogens with one attached hydrogen (secondary N) is 1. The summed E-state index contributed by atoms with van der Waals surface area (Å²) in [5.41, 5.74) is 0.148. The van der Waals surface area contributed by atoms with Crippen LogP contribution in [-0.4, -0.2) is 40.8 Å². The van der Waals surface area contributed by atoms with E-state index >= 15 is 0 Å². The second kappa shape index (κ2) is 9.68. The minimum atomic E-state index is -4.62. The van der Waals surface area contributed by atoms with Crippen molar-refractivity contribution in [3.63, 3.8) is 0 Å². The average Bonchev–Trinajstić information content (AvgIpc) is 3.50. The van der Waals surface area contributed by atoms with Crippen molar-refractivity contribution in [3.8, 4) is 11.5 Å². The molecule has 38 heavy (non-hydrogen) atoms. The highest BCUT2D eigenvalue weighted by Crippen LogP contribution is 2.36. The summed E-state index contributed by atoms with van der Waals surface area (Å²) in [6.45, 7) is 3.22. The smallest absolute Gasteiger partial charge is 0.433 e. The Morgan fingerprint density at radius 2 is 1.84 bits per heavy atom. The van der Waals surface area contributed by atoms with E-state index in [4.69, 9.17) is 9.40 Å². The van der Waals surface area contributed by atoms with Gasteiger partial charge in [0.05, 0.1) is 23.1 Å². The Morgan fingerprint density at radius 1 is 1.11 bits per heavy atom. The lowest BCUT2D eigenvalue weighted by Gasteiger charge is -2.24. The molecule has 1 atom stereocenters. The first-order valence-corrected chi connectivity index (χ1v) is 12.3. The van der Waals surface area contributed by atoms with Crippen molar-refractivity contribution in [2.45, 2.75) is 69.6 Å². The molecule has 12 heteroatoms. The molecule has 4 aromatic heterocycles. The molecule has 0 spiro atoms. The lowest BCUT2D eigenvalue weighted by atomic mass is 9.86. The highest BCUT2D eigenvalue weighted by atomic mass is 19.4. The number of oxazole rings is 1. The molecule has 1 aliphatic carbocycles. The number of hydrogen-bond acceptors (Lipinski definition) is 8. The molecule has 0 radical (unpaired) electrons. The molecule has 1 aliphatic rings. The second-order valence-electron chi connectivity index (χ2n) is 10.1. The molecule has 1 fully saturated rings. The number of aliphatic hydroxyl groups excluding tert-OH is 2. The summed E-state index contributed by atoms with van der Waals surface area (Å²) >= 11 is 0. The summed E-state index contributed by atoms with van der Waals surface area (Å²) in [6.07, 6.45) is 2.61. The highest BCUT2D eigenvalue weighted by molar-refractivity contribution is 5.60. The minimum absolute atomic E-state index is 0.0410. The molecule has 4 N–H and O–H groups in total. The predicted octanol–water partition coefficient (Wildman–Crippen LogP) is 4.75. The summed E-state index contributed by atoms with van der Waals surface area (Å²) < 4.78 is 46.2. The number of rotatable bonds is 6. The number of pyridine rings is 2. The molecular formula is C26H28F3N5O4. The lowest BCUT2D eigenvalue weighted by molar-refractivity contribution is -0.141. The average molecular weight is 532 g/mol. The van der Waals surface area contributed by atoms with Crippen LogP contribution in [-0.2, 0) is 11.8 Å². The van der Waals surface area contributed by atoms with Crippen molar-refractivity contribution in [2.24, 2.45) is 0 Å². The monoisotopic (exact) mass is 531 g/mol. The number of aromatic nitrogens is 4. The van der Waals surface area contributed by atoms with Gasteiger partial charge in [0.15, 0.2) is 6.23 Å². The number of nitrogens with zero attached hydrogens (tertiary/aromatic N) is 4. The third kappa shape index (κ3) is 5.38. The van der Waals surface area contributed by atoms with Crippen molar-refractivity contribution in [1.82, 2.24) is 19.4 Å². The summed E-state index contributed by atoms with van der Waals surface area (Å²) in [5.74, 6) is 0.120. The maximum absolute atomic E-state index is 13.0. The number of alkyl halides is 3. The molecule has 0 aliphatic heterocycles. The first-order valence-electron chi connectivity index (χ1n) is 12.3. The van der Waals surface area contributed by atoms with Gasteiger partial charge in [-0.05, 0) is 57.7 Å². The Bertz CT molecular complexity index is 1430. The van der Waals surface area contributed by atoms with E-state index < -0.39 is 23.7 Å². The quantitative estimate of drug-likeness (QED) is 0.262. The fraction of sp³-hybridized carbons (Fsp3) is 0.423. The maximum atomic E-state index is 13.0. The standard InChI is InChI=1S/C26H28F3N5O4/c1-25(2,37)17-10-22-31-18(14-3-5-16(35)6-4-14)11-34(22)12-19(17)32-23(36)20-13-38-24(33-20)15-7-8-30-21(9-15)26(27,28)29/h7-14,16,23,32,35-37H,3-6H2,1-2H3. The van der Waals surface area contributed by atoms with Crippen LogP contribution >= 0.6 is 0 Å². The van der Waals surface area contributed by atoms with Gasteiger partial charge in [0.1, 0.15) is 23.3 Å². The summed E-state index contributed by atoms with van der Waals surface area (Å²) in [5, 5.41) is 34.4. The second-order valence-corrected chi connectivity index (χ2v) is 10.1. The molecule has 1 saturated carbocycles. The SMILES string of the molecule is CC(C)(O)c1cc2nc(C3CCC(O)CC3)cn2cc1NC(O)c1coc(-c2ccnc(C(F)(F)F)c2)n1. The van der Waals surface area contributed by atoms with Crippen LogP contribution in [0.25, 0.3) is 17.1 Å². The van der Waals surface area contributed by atoms with Gasteiger partial charge < -0.3 is 29.5 Å². The fourth-order valence-electron chi connectivity index (χ4n) is 4.73. The minimum Gasteiger partial charge on any atom is -0.444 e. The molecule has 0 bridgehead atoms. The summed E-state index contributed by atoms with van der Waals surface area (Å²) in [4.78, 5) is 12.2. The van der Waals surface area contributed by atoms with Crippen LogP contribution < -0.4 is 5.32 Å². The zero-order valence-corrected chi connectivity index (χ0v) is 20.8. The van der Waals surface area contributed by atoms with Gasteiger partial charge in [0.25, 0.3) is 0 Å². The molecule has 0 aromatic carbocycles. The third-order valence-corrected chi connectivity index (χ3v) is 6.78. The zero-order valence-electron chi connectivity index (χ0n) is 20.8. The number of aliphatic hydroxyl groups is 3. The van der Waals surface area contributed by atoms with Gasteiger partial charge in [0, 0.05) is 35.6 Å². The van der Waals surface area contributed by atoms with Crippen LogP contribution in [0.15, 0.2) is 47.5 Å². The number of hydrogen-bond donors (Lipinski definition) is 4. The van der Waals surface area contributed by atoms with E-state index in [1.165, 1.54) is 6.07 Å². The van der Waals surface area contributed by atoms with Crippen LogP contribution in [0.1, 0.15) is 74.3 Å². The molecule has 202 valence electrons. The first kappa shape index (κ1) is 26.1. The molecular weight excluding hydrogens is 503 g/mol. The van der Waals surface area contributed by atoms with E-state index in [0.717, 1.165) is 49.9 Å². The van der Waals surface area contributed by atoms with Crippen LogP contribution in [0.5, 0.6) is 0 Å². The maximum Gasteiger partial charge on any atom is 0.433 e. The van der Waals surface area contributed by atoms with Gasteiger partial charge in [-0.2, -0.15) is 13.2 Å². The number of fused-ring (bicyclic) bond motifs is 1. The van der Waals surface area contributed by atoms with E-state index in [1.54, 1.807) is 30.5 Å². The first-order chi connectivity index (χ1) is 17.9. The Labute approximate surface area is 216 Å². The number of halogens is 3. The van der Waals surface area contributed by atoms with Gasteiger partial charge in [0.2, 0.25) is 5.89 Å². The highest BCUT2D eigenvalue weighted by Gasteiger charge is 2.33. The van der Waals surface area contributed by atoms with Crippen molar-refractivity contribution in [1.29, 1.82) is 0 Å².